The standard InChI is InChI=1S/C33H52N2O/c1-3-5-7-8-9-10-12-15-30-26-34-33(35-27-30)31-21-23-32(24-22-31)36-25-13-16-29-19-17-28(18-20-29)14-11-6-4-2/h21-24,26-29H,3-20,25H2,1-2H3. The number of aryl methyl sites for hydroxylation is 1. The lowest BCUT2D eigenvalue weighted by atomic mass is 9.78. The van der Waals surface area contributed by atoms with Gasteiger partial charge >= 0.3 is 0 Å². The molecule has 0 bridgehead atoms. The van der Waals surface area contributed by atoms with Crippen LogP contribution in [0.1, 0.15) is 129 Å². The number of hydrogen-bond donors (Lipinski definition) is 0. The van der Waals surface area contributed by atoms with Crippen LogP contribution in [0.25, 0.3) is 11.4 Å². The molecule has 0 saturated heterocycles. The minimum Gasteiger partial charge on any atom is -0.494 e. The molecule has 1 fully saturated rings. The van der Waals surface area contributed by atoms with Crippen LogP contribution in [0.5, 0.6) is 5.75 Å². The largest absolute Gasteiger partial charge is 0.494 e. The van der Waals surface area contributed by atoms with Crippen molar-refractivity contribution in [3.63, 3.8) is 0 Å². The third kappa shape index (κ3) is 11.0. The highest BCUT2D eigenvalue weighted by Crippen LogP contribution is 2.34. The molecule has 1 heterocycles. The molecule has 1 aromatic carbocycles. The predicted octanol–water partition coefficient (Wildman–Crippen LogP) is 9.98. The van der Waals surface area contributed by atoms with Crippen molar-refractivity contribution in [2.45, 2.75) is 129 Å². The van der Waals surface area contributed by atoms with E-state index in [2.05, 4.69) is 48.1 Å². The topological polar surface area (TPSA) is 35.0 Å². The molecule has 0 atom stereocenters. The molecule has 0 unspecified atom stereocenters. The maximum Gasteiger partial charge on any atom is 0.159 e. The van der Waals surface area contributed by atoms with Gasteiger partial charge < -0.3 is 4.74 Å². The van der Waals surface area contributed by atoms with Crippen molar-refractivity contribution >= 4 is 0 Å². The van der Waals surface area contributed by atoms with E-state index in [1.165, 1.54) is 108 Å². The third-order valence-corrected chi connectivity index (χ3v) is 8.09. The molecule has 1 aliphatic rings. The van der Waals surface area contributed by atoms with Crippen LogP contribution < -0.4 is 4.74 Å². The van der Waals surface area contributed by atoms with Crippen LogP contribution in [0.15, 0.2) is 36.7 Å². The van der Waals surface area contributed by atoms with Crippen LogP contribution in [0.4, 0.5) is 0 Å². The summed E-state index contributed by atoms with van der Waals surface area (Å²) in [5.74, 6) is 3.68. The molecule has 3 nitrogen and oxygen atoms in total. The zero-order valence-electron chi connectivity index (χ0n) is 23.4. The molecular weight excluding hydrogens is 440 g/mol. The van der Waals surface area contributed by atoms with E-state index >= 15 is 0 Å². The first-order valence-corrected chi connectivity index (χ1v) is 15.3. The van der Waals surface area contributed by atoms with E-state index in [4.69, 9.17) is 4.74 Å². The average Bonchev–Trinajstić information content (AvgIpc) is 2.92. The second-order valence-electron chi connectivity index (χ2n) is 11.2. The zero-order chi connectivity index (χ0) is 25.3. The Balaban J connectivity index is 1.28. The molecule has 1 saturated carbocycles. The molecule has 2 aromatic rings. The van der Waals surface area contributed by atoms with Crippen molar-refractivity contribution in [2.24, 2.45) is 11.8 Å². The smallest absolute Gasteiger partial charge is 0.159 e. The molecule has 0 amide bonds. The first-order valence-electron chi connectivity index (χ1n) is 15.3. The summed E-state index contributed by atoms with van der Waals surface area (Å²) in [5, 5.41) is 0. The summed E-state index contributed by atoms with van der Waals surface area (Å²) in [6, 6.07) is 8.29. The van der Waals surface area contributed by atoms with Crippen LogP contribution in [0.3, 0.4) is 0 Å². The normalized spacial score (nSPS) is 17.8. The molecule has 0 spiro atoms. The molecule has 3 heteroatoms. The summed E-state index contributed by atoms with van der Waals surface area (Å²) < 4.78 is 6.04. The minimum atomic E-state index is 0.801. The van der Waals surface area contributed by atoms with Crippen molar-refractivity contribution in [1.29, 1.82) is 0 Å². The van der Waals surface area contributed by atoms with Gasteiger partial charge in [0.1, 0.15) is 5.75 Å². The SMILES string of the molecule is CCCCCCCCCc1cnc(-c2ccc(OCCCC3CCC(CCCCC)CC3)cc2)nc1. The quantitative estimate of drug-likeness (QED) is 0.194. The molecule has 0 radical (unpaired) electrons. The summed E-state index contributed by atoms with van der Waals surface area (Å²) in [6.07, 6.45) is 28.4. The fourth-order valence-corrected chi connectivity index (χ4v) is 5.67. The number of ether oxygens (including phenoxy) is 1. The number of nitrogens with zero attached hydrogens (tertiary/aromatic N) is 2. The number of hydrogen-bond acceptors (Lipinski definition) is 3. The van der Waals surface area contributed by atoms with E-state index in [1.807, 2.05) is 12.4 Å². The Morgan fingerprint density at radius 3 is 1.86 bits per heavy atom. The van der Waals surface area contributed by atoms with Gasteiger partial charge in [0.2, 0.25) is 0 Å². The van der Waals surface area contributed by atoms with Crippen molar-refractivity contribution in [3.8, 4) is 17.1 Å². The van der Waals surface area contributed by atoms with Gasteiger partial charge in [0.15, 0.2) is 5.82 Å². The molecule has 1 aliphatic carbocycles. The minimum absolute atomic E-state index is 0.801. The lowest BCUT2D eigenvalue weighted by molar-refractivity contribution is 0.228. The van der Waals surface area contributed by atoms with Gasteiger partial charge in [-0.3, -0.25) is 0 Å². The summed E-state index contributed by atoms with van der Waals surface area (Å²) in [5.41, 5.74) is 2.30. The van der Waals surface area contributed by atoms with Crippen LogP contribution >= 0.6 is 0 Å². The first kappa shape index (κ1) is 28.7. The molecule has 200 valence electrons. The van der Waals surface area contributed by atoms with Crippen molar-refractivity contribution in [1.82, 2.24) is 9.97 Å². The van der Waals surface area contributed by atoms with Gasteiger partial charge in [-0.2, -0.15) is 0 Å². The Labute approximate surface area is 221 Å². The van der Waals surface area contributed by atoms with Gasteiger partial charge in [0.05, 0.1) is 6.61 Å². The van der Waals surface area contributed by atoms with Crippen molar-refractivity contribution < 1.29 is 4.74 Å². The Kier molecular flexibility index (Phi) is 14.0. The van der Waals surface area contributed by atoms with E-state index < -0.39 is 0 Å². The second-order valence-corrected chi connectivity index (χ2v) is 11.2. The van der Waals surface area contributed by atoms with Gasteiger partial charge in [0, 0.05) is 18.0 Å². The van der Waals surface area contributed by atoms with Crippen molar-refractivity contribution in [2.75, 3.05) is 6.61 Å². The average molecular weight is 493 g/mol. The summed E-state index contributed by atoms with van der Waals surface area (Å²) >= 11 is 0. The molecule has 36 heavy (non-hydrogen) atoms. The number of unbranched alkanes of at least 4 members (excludes halogenated alkanes) is 8. The van der Waals surface area contributed by atoms with Crippen molar-refractivity contribution in [3.05, 3.63) is 42.2 Å². The van der Waals surface area contributed by atoms with E-state index in [-0.39, 0.29) is 0 Å². The first-order chi connectivity index (χ1) is 17.8. The Bertz CT molecular complexity index is 793. The number of rotatable bonds is 18. The highest BCUT2D eigenvalue weighted by Gasteiger charge is 2.20. The summed E-state index contributed by atoms with van der Waals surface area (Å²) in [6.45, 7) is 5.39. The Hall–Kier alpha value is -1.90. The van der Waals surface area contributed by atoms with Gasteiger partial charge in [-0.25, -0.2) is 9.97 Å². The number of benzene rings is 1. The number of aromatic nitrogens is 2. The molecular formula is C33H52N2O. The van der Waals surface area contributed by atoms with Crippen LogP contribution in [0.2, 0.25) is 0 Å². The van der Waals surface area contributed by atoms with E-state index in [1.54, 1.807) is 0 Å². The van der Waals surface area contributed by atoms with Crippen LogP contribution in [-0.4, -0.2) is 16.6 Å². The summed E-state index contributed by atoms with van der Waals surface area (Å²) in [7, 11) is 0. The maximum absolute atomic E-state index is 6.04. The van der Waals surface area contributed by atoms with E-state index in [0.29, 0.717) is 0 Å². The lowest BCUT2D eigenvalue weighted by Crippen LogP contribution is -2.15. The highest BCUT2D eigenvalue weighted by atomic mass is 16.5. The van der Waals surface area contributed by atoms with Gasteiger partial charge in [-0.05, 0) is 67.3 Å². The van der Waals surface area contributed by atoms with Gasteiger partial charge in [0.25, 0.3) is 0 Å². The molecule has 0 N–H and O–H groups in total. The second kappa shape index (κ2) is 17.5. The fraction of sp³-hybridized carbons (Fsp3) is 0.697. The Morgan fingerprint density at radius 1 is 0.667 bits per heavy atom. The Morgan fingerprint density at radius 2 is 1.22 bits per heavy atom. The monoisotopic (exact) mass is 492 g/mol. The molecule has 1 aromatic heterocycles. The van der Waals surface area contributed by atoms with E-state index in [9.17, 15) is 0 Å². The van der Waals surface area contributed by atoms with Crippen LogP contribution in [-0.2, 0) is 6.42 Å². The zero-order valence-corrected chi connectivity index (χ0v) is 23.4. The molecule has 0 aliphatic heterocycles. The van der Waals surface area contributed by atoms with E-state index in [0.717, 1.165) is 48.4 Å². The fourth-order valence-electron chi connectivity index (χ4n) is 5.67. The van der Waals surface area contributed by atoms with Gasteiger partial charge in [-0.15, -0.1) is 0 Å². The molecule has 3 rings (SSSR count). The third-order valence-electron chi connectivity index (χ3n) is 8.09. The highest BCUT2D eigenvalue weighted by molar-refractivity contribution is 5.55. The predicted molar refractivity (Wildman–Crippen MR) is 153 cm³/mol. The lowest BCUT2D eigenvalue weighted by Gasteiger charge is -2.28. The van der Waals surface area contributed by atoms with Crippen LogP contribution in [0, 0.1) is 11.8 Å². The maximum atomic E-state index is 6.04. The summed E-state index contributed by atoms with van der Waals surface area (Å²) in [4.78, 5) is 9.24. The van der Waals surface area contributed by atoms with Gasteiger partial charge in [-0.1, -0.05) is 104 Å².